The molecule has 1 unspecified atom stereocenters. The Labute approximate surface area is 104 Å². The number of aliphatic hydroxyl groups excluding tert-OH is 4. The molecule has 0 amide bonds. The maximum atomic E-state index is 11.5. The van der Waals surface area contributed by atoms with E-state index in [0.29, 0.717) is 0 Å². The summed E-state index contributed by atoms with van der Waals surface area (Å²) in [6.07, 6.45) is -5.42. The molecule has 8 heteroatoms. The van der Waals surface area contributed by atoms with Gasteiger partial charge in [0.25, 0.3) is 0 Å². The highest BCUT2D eigenvalue weighted by molar-refractivity contribution is 7.81. The highest BCUT2D eigenvalue weighted by Crippen LogP contribution is 2.11. The second-order valence-corrected chi connectivity index (χ2v) is 4.06. The molecule has 0 spiro atoms. The third-order valence-corrected chi connectivity index (χ3v) is 2.59. The van der Waals surface area contributed by atoms with Crippen LogP contribution in [0.3, 0.4) is 0 Å². The molecule has 5 N–H and O–H groups in total. The maximum Gasteiger partial charge on any atom is 0.181 e. The number of Topliss-reactive ketones (excluding diaryl/α,β-unsaturated/α-hetero) is 1. The van der Waals surface area contributed by atoms with Gasteiger partial charge in [0, 0.05) is 6.42 Å². The summed E-state index contributed by atoms with van der Waals surface area (Å²) in [6.45, 7) is -0.781. The summed E-state index contributed by atoms with van der Waals surface area (Å²) >= 11 is 3.86. The molecule has 0 saturated heterocycles. The fourth-order valence-electron chi connectivity index (χ4n) is 1.04. The van der Waals surface area contributed by atoms with Gasteiger partial charge in [0.05, 0.1) is 19.0 Å². The fourth-order valence-corrected chi connectivity index (χ4v) is 1.36. The van der Waals surface area contributed by atoms with Gasteiger partial charge in [-0.2, -0.15) is 12.6 Å². The minimum absolute atomic E-state index is 0.141. The van der Waals surface area contributed by atoms with Gasteiger partial charge in [-0.3, -0.25) is 10.2 Å². The summed E-state index contributed by atoms with van der Waals surface area (Å²) in [5.41, 5.74) is 0. The zero-order chi connectivity index (χ0) is 13.6. The molecule has 0 aliphatic carbocycles. The van der Waals surface area contributed by atoms with Gasteiger partial charge in [0.2, 0.25) is 0 Å². The van der Waals surface area contributed by atoms with Crippen LogP contribution in [-0.2, 0) is 9.53 Å². The summed E-state index contributed by atoms with van der Waals surface area (Å²) in [5.74, 6) is -1.04. The Bertz CT molecular complexity index is 274. The zero-order valence-electron chi connectivity index (χ0n) is 9.28. The van der Waals surface area contributed by atoms with Crippen molar-refractivity contribution in [1.29, 1.82) is 5.41 Å². The standard InChI is InChI=1S/C9H17NO6S/c1-16-6(10)2-5(17)8(14)9(15)7(13)4(12)3-11/h4-5,7,9-13,15,17H,2-3H2,1H3/t4-,5?,7+,9+/m1/s1. The van der Waals surface area contributed by atoms with Crippen LogP contribution in [0, 0.1) is 5.41 Å². The third-order valence-electron chi connectivity index (χ3n) is 2.15. The number of hydrogen-bond acceptors (Lipinski definition) is 8. The van der Waals surface area contributed by atoms with Crippen molar-refractivity contribution >= 4 is 24.3 Å². The monoisotopic (exact) mass is 267 g/mol. The molecule has 0 aromatic heterocycles. The van der Waals surface area contributed by atoms with Crippen molar-refractivity contribution in [2.75, 3.05) is 13.7 Å². The average molecular weight is 267 g/mol. The molecule has 0 bridgehead atoms. The Morgan fingerprint density at radius 2 is 1.94 bits per heavy atom. The second kappa shape index (κ2) is 7.62. The number of rotatable bonds is 7. The molecule has 0 aromatic carbocycles. The van der Waals surface area contributed by atoms with Crippen molar-refractivity contribution in [1.82, 2.24) is 0 Å². The molecule has 0 radical (unpaired) electrons. The van der Waals surface area contributed by atoms with E-state index in [1.807, 2.05) is 0 Å². The minimum Gasteiger partial charge on any atom is -0.484 e. The normalized spacial score (nSPS) is 18.0. The van der Waals surface area contributed by atoms with Crippen molar-refractivity contribution in [2.45, 2.75) is 30.0 Å². The Hall–Kier alpha value is -0.670. The van der Waals surface area contributed by atoms with Crippen molar-refractivity contribution in [3.05, 3.63) is 0 Å². The second-order valence-electron chi connectivity index (χ2n) is 3.43. The van der Waals surface area contributed by atoms with Crippen LogP contribution in [0.4, 0.5) is 0 Å². The van der Waals surface area contributed by atoms with E-state index in [1.165, 1.54) is 7.11 Å². The predicted molar refractivity (Wildman–Crippen MR) is 62.2 cm³/mol. The summed E-state index contributed by atoms with van der Waals surface area (Å²) in [5, 5.41) is 42.5. The summed E-state index contributed by atoms with van der Waals surface area (Å²) in [6, 6.07) is 0. The fraction of sp³-hybridized carbons (Fsp3) is 0.778. The lowest BCUT2D eigenvalue weighted by molar-refractivity contribution is -0.139. The Kier molecular flexibility index (Phi) is 7.32. The zero-order valence-corrected chi connectivity index (χ0v) is 10.2. The first-order valence-corrected chi connectivity index (χ1v) is 5.35. The van der Waals surface area contributed by atoms with Gasteiger partial charge >= 0.3 is 0 Å². The lowest BCUT2D eigenvalue weighted by atomic mass is 10.0. The Balaban J connectivity index is 4.43. The summed E-state index contributed by atoms with van der Waals surface area (Å²) in [4.78, 5) is 11.5. The van der Waals surface area contributed by atoms with Gasteiger partial charge in [-0.1, -0.05) is 0 Å². The quantitative estimate of drug-likeness (QED) is 0.179. The van der Waals surface area contributed by atoms with E-state index in [4.69, 9.17) is 15.6 Å². The van der Waals surface area contributed by atoms with Crippen LogP contribution < -0.4 is 0 Å². The van der Waals surface area contributed by atoms with Crippen LogP contribution >= 0.6 is 12.6 Å². The van der Waals surface area contributed by atoms with E-state index in [2.05, 4.69) is 17.4 Å². The minimum atomic E-state index is -1.87. The van der Waals surface area contributed by atoms with Crippen molar-refractivity contribution in [2.24, 2.45) is 0 Å². The molecule has 0 aromatic rings. The van der Waals surface area contributed by atoms with Gasteiger partial charge in [0.15, 0.2) is 11.7 Å². The van der Waals surface area contributed by atoms with Crippen LogP contribution in [0.2, 0.25) is 0 Å². The number of ether oxygens (including phenoxy) is 1. The van der Waals surface area contributed by atoms with Gasteiger partial charge in [-0.05, 0) is 0 Å². The Morgan fingerprint density at radius 1 is 1.41 bits per heavy atom. The molecule has 0 saturated carbocycles. The van der Waals surface area contributed by atoms with E-state index in [1.54, 1.807) is 0 Å². The highest BCUT2D eigenvalue weighted by Gasteiger charge is 2.33. The summed E-state index contributed by atoms with van der Waals surface area (Å²) < 4.78 is 4.53. The number of aliphatic hydroxyl groups is 4. The summed E-state index contributed by atoms with van der Waals surface area (Å²) in [7, 11) is 1.26. The first-order chi connectivity index (χ1) is 7.84. The molecule has 0 aliphatic rings. The van der Waals surface area contributed by atoms with Gasteiger partial charge in [-0.25, -0.2) is 0 Å². The number of thiol groups is 1. The number of carbonyl (C=O) groups is 1. The Morgan fingerprint density at radius 3 is 2.35 bits per heavy atom. The van der Waals surface area contributed by atoms with Gasteiger partial charge in [-0.15, -0.1) is 0 Å². The van der Waals surface area contributed by atoms with E-state index in [-0.39, 0.29) is 12.3 Å². The van der Waals surface area contributed by atoms with Crippen molar-refractivity contribution in [3.63, 3.8) is 0 Å². The lowest BCUT2D eigenvalue weighted by Crippen LogP contribution is -2.46. The average Bonchev–Trinajstić information content (AvgIpc) is 2.34. The molecule has 4 atom stereocenters. The lowest BCUT2D eigenvalue weighted by Gasteiger charge is -2.22. The SMILES string of the molecule is COC(=N)CC(S)C(=O)[C@@H](O)[C@@H](O)[C@H](O)CO. The first kappa shape index (κ1) is 16.3. The van der Waals surface area contributed by atoms with Crippen molar-refractivity contribution < 1.29 is 30.0 Å². The number of hydrogen-bond donors (Lipinski definition) is 6. The number of ketones is 1. The highest BCUT2D eigenvalue weighted by atomic mass is 32.1. The number of carbonyl (C=O) groups excluding carboxylic acids is 1. The molecule has 17 heavy (non-hydrogen) atoms. The molecular weight excluding hydrogens is 250 g/mol. The molecular formula is C9H17NO6S. The molecule has 100 valence electrons. The van der Waals surface area contributed by atoms with Crippen LogP contribution in [0.15, 0.2) is 0 Å². The van der Waals surface area contributed by atoms with E-state index in [9.17, 15) is 15.0 Å². The smallest absolute Gasteiger partial charge is 0.181 e. The molecule has 0 heterocycles. The topological polar surface area (TPSA) is 131 Å². The third kappa shape index (κ3) is 5.00. The maximum absolute atomic E-state index is 11.5. The van der Waals surface area contributed by atoms with Crippen LogP contribution in [-0.4, -0.2) is 69.4 Å². The van der Waals surface area contributed by atoms with Crippen LogP contribution in [0.25, 0.3) is 0 Å². The van der Waals surface area contributed by atoms with E-state index in [0.717, 1.165) is 0 Å². The molecule has 7 nitrogen and oxygen atoms in total. The molecule has 0 rings (SSSR count). The predicted octanol–water partition coefficient (Wildman–Crippen LogP) is -2.06. The van der Waals surface area contributed by atoms with Crippen LogP contribution in [0.5, 0.6) is 0 Å². The molecule has 0 aliphatic heterocycles. The molecule has 0 fully saturated rings. The van der Waals surface area contributed by atoms with Crippen LogP contribution in [0.1, 0.15) is 6.42 Å². The van der Waals surface area contributed by atoms with E-state index < -0.39 is 36.0 Å². The van der Waals surface area contributed by atoms with Gasteiger partial charge in [0.1, 0.15) is 18.3 Å². The first-order valence-electron chi connectivity index (χ1n) is 4.83. The number of nitrogens with one attached hydrogen (secondary N) is 1. The number of methoxy groups -OCH3 is 1. The van der Waals surface area contributed by atoms with Gasteiger partial charge < -0.3 is 25.2 Å². The largest absolute Gasteiger partial charge is 0.484 e. The van der Waals surface area contributed by atoms with E-state index >= 15 is 0 Å². The van der Waals surface area contributed by atoms with Crippen molar-refractivity contribution in [3.8, 4) is 0 Å².